The second-order valence-electron chi connectivity index (χ2n) is 2.74. The SMILES string of the molecule is CC(O)[C@@H](N)c1csc([N+](=O)[O-])c1. The lowest BCUT2D eigenvalue weighted by atomic mass is 10.1. The molecule has 1 rings (SSSR count). The van der Waals surface area contributed by atoms with Gasteiger partial charge in [-0.15, -0.1) is 0 Å². The molecular formula is C7H10N2O3S. The van der Waals surface area contributed by atoms with Gasteiger partial charge in [-0.1, -0.05) is 11.3 Å². The number of aliphatic hydroxyl groups is 1. The van der Waals surface area contributed by atoms with Crippen LogP contribution in [0.1, 0.15) is 18.5 Å². The van der Waals surface area contributed by atoms with Gasteiger partial charge in [0.1, 0.15) is 0 Å². The molecule has 0 saturated heterocycles. The van der Waals surface area contributed by atoms with Crippen LogP contribution in [0.3, 0.4) is 0 Å². The first-order chi connectivity index (χ1) is 6.02. The van der Waals surface area contributed by atoms with Crippen molar-refractivity contribution in [3.05, 3.63) is 27.1 Å². The van der Waals surface area contributed by atoms with Crippen molar-refractivity contribution < 1.29 is 10.0 Å². The Labute approximate surface area is 79.0 Å². The molecule has 5 nitrogen and oxygen atoms in total. The van der Waals surface area contributed by atoms with E-state index in [2.05, 4.69) is 0 Å². The van der Waals surface area contributed by atoms with Crippen LogP contribution in [0.25, 0.3) is 0 Å². The van der Waals surface area contributed by atoms with E-state index in [0.29, 0.717) is 5.56 Å². The number of hydrogen-bond acceptors (Lipinski definition) is 5. The Kier molecular flexibility index (Phi) is 2.97. The Morgan fingerprint density at radius 1 is 1.77 bits per heavy atom. The Bertz CT molecular complexity index is 310. The highest BCUT2D eigenvalue weighted by molar-refractivity contribution is 7.13. The number of nitrogens with zero attached hydrogens (tertiary/aromatic N) is 1. The van der Waals surface area contributed by atoms with Crippen LogP contribution in [-0.2, 0) is 0 Å². The molecule has 13 heavy (non-hydrogen) atoms. The lowest BCUT2D eigenvalue weighted by Gasteiger charge is -2.11. The van der Waals surface area contributed by atoms with Gasteiger partial charge in [-0.3, -0.25) is 10.1 Å². The number of nitrogens with two attached hydrogens (primary N) is 1. The van der Waals surface area contributed by atoms with Gasteiger partial charge in [-0.25, -0.2) is 0 Å². The summed E-state index contributed by atoms with van der Waals surface area (Å²) in [6.45, 7) is 1.55. The highest BCUT2D eigenvalue weighted by atomic mass is 32.1. The molecule has 0 bridgehead atoms. The summed E-state index contributed by atoms with van der Waals surface area (Å²) in [6.07, 6.45) is -0.700. The van der Waals surface area contributed by atoms with Gasteiger partial charge >= 0.3 is 5.00 Å². The number of rotatable bonds is 3. The van der Waals surface area contributed by atoms with E-state index in [1.54, 1.807) is 12.3 Å². The predicted octanol–water partition coefficient (Wildman–Crippen LogP) is 1.04. The minimum Gasteiger partial charge on any atom is -0.391 e. The standard InChI is InChI=1S/C7H10N2O3S/c1-4(10)7(8)5-2-6(9(11)12)13-3-5/h2-4,7,10H,8H2,1H3/t4?,7-/m1/s1. The van der Waals surface area contributed by atoms with Crippen LogP contribution >= 0.6 is 11.3 Å². The fraction of sp³-hybridized carbons (Fsp3) is 0.429. The molecule has 0 aliphatic carbocycles. The van der Waals surface area contributed by atoms with E-state index in [-0.39, 0.29) is 5.00 Å². The fourth-order valence-electron chi connectivity index (χ4n) is 0.888. The van der Waals surface area contributed by atoms with Crippen molar-refractivity contribution >= 4 is 16.3 Å². The minimum atomic E-state index is -0.700. The first kappa shape index (κ1) is 10.1. The average molecular weight is 202 g/mol. The van der Waals surface area contributed by atoms with Gasteiger partial charge < -0.3 is 10.8 Å². The third-order valence-corrected chi connectivity index (χ3v) is 2.59. The van der Waals surface area contributed by atoms with Crippen molar-refractivity contribution in [3.8, 4) is 0 Å². The summed E-state index contributed by atoms with van der Waals surface area (Å²) in [4.78, 5) is 9.85. The van der Waals surface area contributed by atoms with Crippen molar-refractivity contribution in [2.24, 2.45) is 5.73 Å². The quantitative estimate of drug-likeness (QED) is 0.566. The maximum absolute atomic E-state index is 10.3. The van der Waals surface area contributed by atoms with Crippen LogP contribution < -0.4 is 5.73 Å². The van der Waals surface area contributed by atoms with Crippen LogP contribution in [0.5, 0.6) is 0 Å². The van der Waals surface area contributed by atoms with Crippen LogP contribution in [0, 0.1) is 10.1 Å². The average Bonchev–Trinajstić information content (AvgIpc) is 2.50. The van der Waals surface area contributed by atoms with Gasteiger partial charge in [0.05, 0.1) is 17.1 Å². The molecule has 1 aromatic heterocycles. The smallest absolute Gasteiger partial charge is 0.324 e. The Morgan fingerprint density at radius 2 is 2.38 bits per heavy atom. The van der Waals surface area contributed by atoms with Crippen LogP contribution in [0.2, 0.25) is 0 Å². The molecule has 0 amide bonds. The Morgan fingerprint density at radius 3 is 2.77 bits per heavy atom. The molecule has 0 saturated carbocycles. The summed E-state index contributed by atoms with van der Waals surface area (Å²) >= 11 is 1.01. The maximum Gasteiger partial charge on any atom is 0.324 e. The van der Waals surface area contributed by atoms with Gasteiger partial charge in [0.2, 0.25) is 0 Å². The molecule has 6 heteroatoms. The number of nitro groups is 1. The summed E-state index contributed by atoms with van der Waals surface area (Å²) in [5, 5.41) is 21.1. The second kappa shape index (κ2) is 3.82. The molecule has 3 N–H and O–H groups in total. The summed E-state index contributed by atoms with van der Waals surface area (Å²) in [7, 11) is 0. The minimum absolute atomic E-state index is 0.0473. The Balaban J connectivity index is 2.85. The van der Waals surface area contributed by atoms with Crippen molar-refractivity contribution in [1.29, 1.82) is 0 Å². The lowest BCUT2D eigenvalue weighted by Crippen LogP contribution is -2.22. The summed E-state index contributed by atoms with van der Waals surface area (Å²) in [5.41, 5.74) is 6.19. The van der Waals surface area contributed by atoms with Crippen LogP contribution in [0.15, 0.2) is 11.4 Å². The molecule has 2 atom stereocenters. The number of hydrogen-bond donors (Lipinski definition) is 2. The van der Waals surface area contributed by atoms with Gasteiger partial charge in [0.25, 0.3) is 0 Å². The molecule has 0 aliphatic rings. The summed E-state index contributed by atoms with van der Waals surface area (Å²) in [5.74, 6) is 0. The molecule has 1 heterocycles. The molecule has 1 unspecified atom stereocenters. The van der Waals surface area contributed by atoms with Crippen molar-refractivity contribution in [2.45, 2.75) is 19.1 Å². The Hall–Kier alpha value is -0.980. The van der Waals surface area contributed by atoms with E-state index in [1.165, 1.54) is 6.07 Å². The second-order valence-corrected chi connectivity index (χ2v) is 3.63. The molecular weight excluding hydrogens is 192 g/mol. The van der Waals surface area contributed by atoms with Gasteiger partial charge in [-0.2, -0.15) is 0 Å². The molecule has 1 aromatic rings. The molecule has 0 aromatic carbocycles. The maximum atomic E-state index is 10.3. The first-order valence-corrected chi connectivity index (χ1v) is 4.57. The fourth-order valence-corrected chi connectivity index (χ4v) is 1.66. The largest absolute Gasteiger partial charge is 0.391 e. The van der Waals surface area contributed by atoms with E-state index >= 15 is 0 Å². The van der Waals surface area contributed by atoms with E-state index in [0.717, 1.165) is 11.3 Å². The first-order valence-electron chi connectivity index (χ1n) is 3.69. The van der Waals surface area contributed by atoms with Gasteiger partial charge in [0, 0.05) is 11.4 Å². The zero-order chi connectivity index (χ0) is 10.0. The molecule has 0 fully saturated rings. The highest BCUT2D eigenvalue weighted by Crippen LogP contribution is 2.27. The van der Waals surface area contributed by atoms with Crippen LogP contribution in [0.4, 0.5) is 5.00 Å². The van der Waals surface area contributed by atoms with E-state index in [1.807, 2.05) is 0 Å². The van der Waals surface area contributed by atoms with Crippen molar-refractivity contribution in [2.75, 3.05) is 0 Å². The van der Waals surface area contributed by atoms with Gasteiger partial charge in [0.15, 0.2) is 0 Å². The van der Waals surface area contributed by atoms with Crippen molar-refractivity contribution in [1.82, 2.24) is 0 Å². The van der Waals surface area contributed by atoms with E-state index in [9.17, 15) is 10.1 Å². The third kappa shape index (κ3) is 2.24. The number of thiophene rings is 1. The van der Waals surface area contributed by atoms with Crippen molar-refractivity contribution in [3.63, 3.8) is 0 Å². The van der Waals surface area contributed by atoms with Gasteiger partial charge in [-0.05, 0) is 12.5 Å². The van der Waals surface area contributed by atoms with E-state index in [4.69, 9.17) is 10.8 Å². The summed E-state index contributed by atoms with van der Waals surface area (Å²) < 4.78 is 0. The molecule has 72 valence electrons. The zero-order valence-corrected chi connectivity index (χ0v) is 7.82. The number of aliphatic hydroxyl groups excluding tert-OH is 1. The molecule has 0 aliphatic heterocycles. The van der Waals surface area contributed by atoms with Crippen LogP contribution in [-0.4, -0.2) is 16.1 Å². The lowest BCUT2D eigenvalue weighted by molar-refractivity contribution is -0.380. The topological polar surface area (TPSA) is 89.4 Å². The third-order valence-electron chi connectivity index (χ3n) is 1.69. The predicted molar refractivity (Wildman–Crippen MR) is 49.6 cm³/mol. The molecule has 0 radical (unpaired) electrons. The monoisotopic (exact) mass is 202 g/mol. The molecule has 0 spiro atoms. The highest BCUT2D eigenvalue weighted by Gasteiger charge is 2.17. The normalized spacial score (nSPS) is 15.3. The zero-order valence-electron chi connectivity index (χ0n) is 7.01. The summed E-state index contributed by atoms with van der Waals surface area (Å²) in [6, 6.07) is 0.840. The van der Waals surface area contributed by atoms with E-state index < -0.39 is 17.1 Å².